The van der Waals surface area contributed by atoms with Gasteiger partial charge in [0.05, 0.1) is 24.4 Å². The molecule has 3 aromatic rings. The largest absolute Gasteiger partial charge is 0.487 e. The van der Waals surface area contributed by atoms with Crippen LogP contribution in [-0.4, -0.2) is 15.0 Å². The van der Waals surface area contributed by atoms with Crippen LogP contribution in [0.3, 0.4) is 0 Å². The quantitative estimate of drug-likeness (QED) is 0.726. The van der Waals surface area contributed by atoms with E-state index in [2.05, 4.69) is 16.4 Å². The Kier molecular flexibility index (Phi) is 4.34. The summed E-state index contributed by atoms with van der Waals surface area (Å²) in [5.74, 6) is 0.817. The molecule has 3 rings (SSSR count). The smallest absolute Gasteiger partial charge is 0.134 e. The zero-order valence-corrected chi connectivity index (χ0v) is 12.8. The van der Waals surface area contributed by atoms with E-state index >= 15 is 0 Å². The minimum atomic E-state index is 0.385. The highest BCUT2D eigenvalue weighted by Crippen LogP contribution is 2.13. The number of nitriles is 1. The Morgan fingerprint density at radius 3 is 2.52 bits per heavy atom. The third-order valence-corrected chi connectivity index (χ3v) is 3.42. The van der Waals surface area contributed by atoms with Crippen LogP contribution in [0.5, 0.6) is 5.75 Å². The van der Waals surface area contributed by atoms with E-state index in [1.54, 1.807) is 16.8 Å². The van der Waals surface area contributed by atoms with Crippen LogP contribution >= 0.6 is 0 Å². The predicted molar refractivity (Wildman–Crippen MR) is 85.8 cm³/mol. The van der Waals surface area contributed by atoms with Crippen LogP contribution in [-0.2, 0) is 13.2 Å². The van der Waals surface area contributed by atoms with Crippen molar-refractivity contribution in [3.05, 3.63) is 77.1 Å². The first-order valence-electron chi connectivity index (χ1n) is 7.30. The molecule has 0 aliphatic rings. The molecule has 0 aliphatic carbocycles. The standard InChI is InChI=1S/C18H16N4O/c1-14-2-8-18(9-3-14)23-13-17-12-22(21-20-17)11-16-6-4-15(10-19)5-7-16/h2-9,12H,11,13H2,1H3. The normalized spacial score (nSPS) is 10.3. The fourth-order valence-electron chi connectivity index (χ4n) is 2.15. The lowest BCUT2D eigenvalue weighted by molar-refractivity contribution is 0.301. The molecule has 0 radical (unpaired) electrons. The molecule has 5 heteroatoms. The third-order valence-electron chi connectivity index (χ3n) is 3.42. The van der Waals surface area contributed by atoms with Crippen LogP contribution < -0.4 is 4.74 Å². The fraction of sp³-hybridized carbons (Fsp3) is 0.167. The minimum Gasteiger partial charge on any atom is -0.487 e. The first-order valence-corrected chi connectivity index (χ1v) is 7.30. The summed E-state index contributed by atoms with van der Waals surface area (Å²) in [6.07, 6.45) is 1.87. The molecule has 23 heavy (non-hydrogen) atoms. The summed E-state index contributed by atoms with van der Waals surface area (Å²) in [6, 6.07) is 17.4. The van der Waals surface area contributed by atoms with Crippen molar-refractivity contribution in [3.8, 4) is 11.8 Å². The second kappa shape index (κ2) is 6.75. The number of hydrogen-bond donors (Lipinski definition) is 0. The maximum Gasteiger partial charge on any atom is 0.134 e. The van der Waals surface area contributed by atoms with Gasteiger partial charge in [0.25, 0.3) is 0 Å². The summed E-state index contributed by atoms with van der Waals surface area (Å²) in [7, 11) is 0. The van der Waals surface area contributed by atoms with Gasteiger partial charge in [-0.1, -0.05) is 35.0 Å². The molecular formula is C18H16N4O. The maximum absolute atomic E-state index is 8.80. The van der Waals surface area contributed by atoms with Crippen LogP contribution in [0.2, 0.25) is 0 Å². The first-order chi connectivity index (χ1) is 11.2. The number of benzene rings is 2. The van der Waals surface area contributed by atoms with Gasteiger partial charge in [-0.2, -0.15) is 5.26 Å². The topological polar surface area (TPSA) is 63.7 Å². The Morgan fingerprint density at radius 2 is 1.83 bits per heavy atom. The van der Waals surface area contributed by atoms with Gasteiger partial charge in [-0.25, -0.2) is 4.68 Å². The average molecular weight is 304 g/mol. The van der Waals surface area contributed by atoms with Crippen molar-refractivity contribution in [1.29, 1.82) is 5.26 Å². The van der Waals surface area contributed by atoms with Crippen LogP contribution in [0.1, 0.15) is 22.4 Å². The Morgan fingerprint density at radius 1 is 1.09 bits per heavy atom. The molecule has 0 unspecified atom stereocenters. The molecule has 0 bridgehead atoms. The highest BCUT2D eigenvalue weighted by Gasteiger charge is 2.03. The summed E-state index contributed by atoms with van der Waals surface area (Å²) in [5.41, 5.74) is 3.70. The fourth-order valence-corrected chi connectivity index (χ4v) is 2.15. The van der Waals surface area contributed by atoms with Crippen LogP contribution in [0.4, 0.5) is 0 Å². The van der Waals surface area contributed by atoms with E-state index in [0.29, 0.717) is 18.7 Å². The van der Waals surface area contributed by atoms with Crippen molar-refractivity contribution in [2.24, 2.45) is 0 Å². The molecule has 1 heterocycles. The van der Waals surface area contributed by atoms with Crippen molar-refractivity contribution in [3.63, 3.8) is 0 Å². The van der Waals surface area contributed by atoms with E-state index in [0.717, 1.165) is 17.0 Å². The van der Waals surface area contributed by atoms with Crippen molar-refractivity contribution in [2.75, 3.05) is 0 Å². The van der Waals surface area contributed by atoms with Crippen molar-refractivity contribution < 1.29 is 4.74 Å². The van der Waals surface area contributed by atoms with E-state index in [1.165, 1.54) is 5.56 Å². The van der Waals surface area contributed by atoms with Gasteiger partial charge in [0.15, 0.2) is 0 Å². The lowest BCUT2D eigenvalue weighted by Gasteiger charge is -2.03. The summed E-state index contributed by atoms with van der Waals surface area (Å²) in [4.78, 5) is 0. The third kappa shape index (κ3) is 3.95. The SMILES string of the molecule is Cc1ccc(OCc2cn(Cc3ccc(C#N)cc3)nn2)cc1. The highest BCUT2D eigenvalue weighted by molar-refractivity contribution is 5.31. The van der Waals surface area contributed by atoms with Crippen LogP contribution in [0.15, 0.2) is 54.7 Å². The molecular weight excluding hydrogens is 288 g/mol. The molecule has 0 N–H and O–H groups in total. The molecule has 0 aliphatic heterocycles. The lowest BCUT2D eigenvalue weighted by atomic mass is 10.1. The maximum atomic E-state index is 8.80. The molecule has 5 nitrogen and oxygen atoms in total. The minimum absolute atomic E-state index is 0.385. The Labute approximate surface area is 134 Å². The molecule has 0 saturated heterocycles. The van der Waals surface area contributed by atoms with Gasteiger partial charge in [-0.15, -0.1) is 5.10 Å². The Bertz CT molecular complexity index is 813. The van der Waals surface area contributed by atoms with Gasteiger partial charge in [0, 0.05) is 0 Å². The molecule has 0 saturated carbocycles. The summed E-state index contributed by atoms with van der Waals surface area (Å²) >= 11 is 0. The molecule has 0 amide bonds. The molecule has 0 fully saturated rings. The second-order valence-electron chi connectivity index (χ2n) is 5.32. The Balaban J connectivity index is 1.59. The number of hydrogen-bond acceptors (Lipinski definition) is 4. The van der Waals surface area contributed by atoms with Crippen molar-refractivity contribution in [1.82, 2.24) is 15.0 Å². The van der Waals surface area contributed by atoms with Gasteiger partial charge < -0.3 is 4.74 Å². The van der Waals surface area contributed by atoms with Gasteiger partial charge in [-0.3, -0.25) is 0 Å². The highest BCUT2D eigenvalue weighted by atomic mass is 16.5. The summed E-state index contributed by atoms with van der Waals surface area (Å²) in [6.45, 7) is 3.04. The van der Waals surface area contributed by atoms with Gasteiger partial charge in [0.2, 0.25) is 0 Å². The number of ether oxygens (including phenoxy) is 1. The van der Waals surface area contributed by atoms with Gasteiger partial charge in [-0.05, 0) is 36.8 Å². The lowest BCUT2D eigenvalue weighted by Crippen LogP contribution is -2.00. The summed E-state index contributed by atoms with van der Waals surface area (Å²) in [5, 5.41) is 17.0. The molecule has 114 valence electrons. The van der Waals surface area contributed by atoms with Crippen molar-refractivity contribution in [2.45, 2.75) is 20.1 Å². The van der Waals surface area contributed by atoms with E-state index in [4.69, 9.17) is 10.00 Å². The van der Waals surface area contributed by atoms with Gasteiger partial charge >= 0.3 is 0 Å². The summed E-state index contributed by atoms with van der Waals surface area (Å²) < 4.78 is 7.45. The average Bonchev–Trinajstić information content (AvgIpc) is 3.02. The van der Waals surface area contributed by atoms with Gasteiger partial charge in [0.1, 0.15) is 18.1 Å². The molecule has 0 atom stereocenters. The zero-order chi connectivity index (χ0) is 16.1. The number of aromatic nitrogens is 3. The van der Waals surface area contributed by atoms with E-state index in [9.17, 15) is 0 Å². The predicted octanol–water partition coefficient (Wildman–Crippen LogP) is 3.09. The number of aryl methyl sites for hydroxylation is 1. The monoisotopic (exact) mass is 304 g/mol. The number of rotatable bonds is 5. The van der Waals surface area contributed by atoms with E-state index < -0.39 is 0 Å². The van der Waals surface area contributed by atoms with Crippen LogP contribution in [0, 0.1) is 18.3 Å². The van der Waals surface area contributed by atoms with Crippen molar-refractivity contribution >= 4 is 0 Å². The molecule has 0 spiro atoms. The second-order valence-corrected chi connectivity index (χ2v) is 5.32. The first kappa shape index (κ1) is 14.8. The molecule has 2 aromatic carbocycles. The zero-order valence-electron chi connectivity index (χ0n) is 12.8. The van der Waals surface area contributed by atoms with E-state index in [-0.39, 0.29) is 0 Å². The van der Waals surface area contributed by atoms with Crippen LogP contribution in [0.25, 0.3) is 0 Å². The molecule has 1 aromatic heterocycles. The Hall–Kier alpha value is -3.13. The number of nitrogens with zero attached hydrogens (tertiary/aromatic N) is 4. The van der Waals surface area contributed by atoms with E-state index in [1.807, 2.05) is 49.5 Å².